The van der Waals surface area contributed by atoms with Crippen LogP contribution < -0.4 is 0 Å². The van der Waals surface area contributed by atoms with Crippen molar-refractivity contribution < 1.29 is 52.2 Å². The van der Waals surface area contributed by atoms with E-state index in [1.807, 2.05) is 0 Å². The van der Waals surface area contributed by atoms with Crippen molar-refractivity contribution >= 4 is 25.7 Å². The molecule has 0 rings (SSSR count). The number of phosphoric acid groups is 1. The molecule has 0 spiro atoms. The molecule has 0 aliphatic heterocycles. The quantitative estimate of drug-likeness (QED) is 0.0197. The fourth-order valence-electron chi connectivity index (χ4n) is 7.69. The average Bonchev–Trinajstić information content (AvgIpc) is 3.41. The summed E-state index contributed by atoms with van der Waals surface area (Å²) in [5, 5.41) is 9.82. The number of carbonyl (C=O) groups is 3. The summed E-state index contributed by atoms with van der Waals surface area (Å²) < 4.78 is 39.5. The molecule has 0 radical (unpaired) electrons. The zero-order valence-electron chi connectivity index (χ0n) is 47.9. The van der Waals surface area contributed by atoms with E-state index in [1.54, 1.807) is 0 Å². The van der Waals surface area contributed by atoms with Crippen LogP contribution in [0.5, 0.6) is 0 Å². The molecule has 11 nitrogen and oxygen atoms in total. The summed E-state index contributed by atoms with van der Waals surface area (Å²) in [5.41, 5.74) is 0. The van der Waals surface area contributed by atoms with E-state index >= 15 is 0 Å². The van der Waals surface area contributed by atoms with Crippen LogP contribution >= 0.6 is 7.82 Å². The molecule has 0 aromatic heterocycles. The van der Waals surface area contributed by atoms with Gasteiger partial charge in [0.05, 0.1) is 19.8 Å². The summed E-state index contributed by atoms with van der Waals surface area (Å²) in [6.07, 6.45) is 69.0. The van der Waals surface area contributed by atoms with E-state index in [1.165, 1.54) is 57.8 Å². The van der Waals surface area contributed by atoms with Gasteiger partial charge in [0.1, 0.15) is 12.7 Å². The van der Waals surface area contributed by atoms with Gasteiger partial charge in [-0.2, -0.15) is 0 Å². The molecule has 3 unspecified atom stereocenters. The SMILES string of the molecule is CC/C=C\C/C=C\C/C=C\C/C=C\CCCCCCC(=O)OCC(COP(=O)(O)OCC(CO)OC(=O)CCCC/C=C\C/C=C\C/C=C\C/C=C\CC)OC(=O)CCCCCCCCC/C=C\CCCCCCCC. The standard InChI is InChI=1S/C64H107O11P/c1-4-7-10-13-16-19-22-25-28-30-33-35-38-41-44-47-50-53-62(66)71-57-61(75-64(68)55-52-49-46-43-40-37-34-31-29-26-23-20-17-14-11-8-5-2)59-73-76(69,70)72-58-60(56-65)74-63(67)54-51-48-45-42-39-36-32-27-24-21-18-15-12-9-6-3/h7,9-10,12,16,18-19,21,25-29,32-33,35,39,42,60-61,65H,4-6,8,11,13-15,17,20,22-24,30-31,34,36-38,40-41,43-59H2,1-3H3,(H,69,70)/b10-7-,12-9-,19-16-,21-18-,28-25-,29-26-,32-27-,35-33-,42-39-. The minimum Gasteiger partial charge on any atom is -0.462 e. The highest BCUT2D eigenvalue weighted by Crippen LogP contribution is 2.43. The predicted molar refractivity (Wildman–Crippen MR) is 316 cm³/mol. The lowest BCUT2D eigenvalue weighted by Crippen LogP contribution is -2.30. The molecule has 0 saturated heterocycles. The van der Waals surface area contributed by atoms with E-state index in [0.29, 0.717) is 19.3 Å². The lowest BCUT2D eigenvalue weighted by atomic mass is 10.1. The van der Waals surface area contributed by atoms with Gasteiger partial charge in [-0.3, -0.25) is 23.4 Å². The molecule has 0 aliphatic rings. The molecule has 0 saturated carbocycles. The van der Waals surface area contributed by atoms with E-state index in [-0.39, 0.29) is 25.9 Å². The highest BCUT2D eigenvalue weighted by molar-refractivity contribution is 7.47. The van der Waals surface area contributed by atoms with Crippen molar-refractivity contribution in [1.82, 2.24) is 0 Å². The molecule has 3 atom stereocenters. The van der Waals surface area contributed by atoms with Gasteiger partial charge in [0.15, 0.2) is 6.10 Å². The molecule has 434 valence electrons. The summed E-state index contributed by atoms with van der Waals surface area (Å²) in [7, 11) is -4.77. The Hall–Kier alpha value is -3.86. The Morgan fingerprint density at radius 1 is 0.382 bits per heavy atom. The first-order chi connectivity index (χ1) is 37.2. The first kappa shape index (κ1) is 72.1. The van der Waals surface area contributed by atoms with Gasteiger partial charge in [0.25, 0.3) is 0 Å². The number of hydrogen-bond acceptors (Lipinski definition) is 10. The van der Waals surface area contributed by atoms with Crippen molar-refractivity contribution in [3.63, 3.8) is 0 Å². The summed E-state index contributed by atoms with van der Waals surface area (Å²) in [5.74, 6) is -1.55. The molecule has 0 amide bonds. The zero-order chi connectivity index (χ0) is 55.5. The Morgan fingerprint density at radius 2 is 0.684 bits per heavy atom. The van der Waals surface area contributed by atoms with Crippen LogP contribution in [0.4, 0.5) is 0 Å². The van der Waals surface area contributed by atoms with Gasteiger partial charge in [-0.05, 0) is 122 Å². The Balaban J connectivity index is 4.82. The third-order valence-electron chi connectivity index (χ3n) is 12.2. The largest absolute Gasteiger partial charge is 0.472 e. The van der Waals surface area contributed by atoms with Crippen molar-refractivity contribution in [1.29, 1.82) is 0 Å². The van der Waals surface area contributed by atoms with Crippen LogP contribution in [0.15, 0.2) is 109 Å². The molecule has 0 bridgehead atoms. The zero-order valence-corrected chi connectivity index (χ0v) is 48.8. The van der Waals surface area contributed by atoms with Crippen molar-refractivity contribution in [2.45, 2.75) is 251 Å². The topological polar surface area (TPSA) is 155 Å². The van der Waals surface area contributed by atoms with Crippen molar-refractivity contribution in [3.05, 3.63) is 109 Å². The molecular formula is C64H107O11P. The summed E-state index contributed by atoms with van der Waals surface area (Å²) in [4.78, 5) is 48.6. The molecule has 76 heavy (non-hydrogen) atoms. The maximum Gasteiger partial charge on any atom is 0.472 e. The number of ether oxygens (including phenoxy) is 3. The van der Waals surface area contributed by atoms with Gasteiger partial charge < -0.3 is 24.2 Å². The third-order valence-corrected chi connectivity index (χ3v) is 13.1. The van der Waals surface area contributed by atoms with Gasteiger partial charge in [-0.25, -0.2) is 4.57 Å². The molecule has 0 fully saturated rings. The number of aliphatic hydroxyl groups is 1. The summed E-state index contributed by atoms with van der Waals surface area (Å²) in [6.45, 7) is 4.33. The van der Waals surface area contributed by atoms with Gasteiger partial charge >= 0.3 is 25.7 Å². The maximum absolute atomic E-state index is 12.9. The Labute approximate surface area is 463 Å². The van der Waals surface area contributed by atoms with Crippen LogP contribution in [0.3, 0.4) is 0 Å². The molecule has 0 aliphatic carbocycles. The highest BCUT2D eigenvalue weighted by Gasteiger charge is 2.28. The van der Waals surface area contributed by atoms with Crippen molar-refractivity contribution in [2.24, 2.45) is 0 Å². The molecular weight excluding hydrogens is 976 g/mol. The number of allylic oxidation sites excluding steroid dienone is 18. The number of aliphatic hydroxyl groups excluding tert-OH is 1. The fourth-order valence-corrected chi connectivity index (χ4v) is 8.47. The second kappa shape index (κ2) is 57.3. The van der Waals surface area contributed by atoms with E-state index < -0.39 is 57.8 Å². The highest BCUT2D eigenvalue weighted by atomic mass is 31.2. The lowest BCUT2D eigenvalue weighted by molar-refractivity contribution is -0.161. The van der Waals surface area contributed by atoms with Gasteiger partial charge in [-0.1, -0.05) is 207 Å². The number of carbonyl (C=O) groups excluding carboxylic acids is 3. The predicted octanol–water partition coefficient (Wildman–Crippen LogP) is 17.8. The van der Waals surface area contributed by atoms with Crippen LogP contribution in [0.1, 0.15) is 239 Å². The molecule has 0 heterocycles. The summed E-state index contributed by atoms with van der Waals surface area (Å²) >= 11 is 0. The summed E-state index contributed by atoms with van der Waals surface area (Å²) in [6, 6.07) is 0. The average molecular weight is 1080 g/mol. The number of rotatable bonds is 54. The monoisotopic (exact) mass is 1080 g/mol. The second-order valence-corrected chi connectivity index (χ2v) is 20.8. The minimum absolute atomic E-state index is 0.118. The van der Waals surface area contributed by atoms with Crippen LogP contribution in [-0.2, 0) is 42.2 Å². The first-order valence-corrected chi connectivity index (χ1v) is 31.3. The van der Waals surface area contributed by atoms with E-state index in [0.717, 1.165) is 122 Å². The fraction of sp³-hybridized carbons (Fsp3) is 0.672. The Kier molecular flexibility index (Phi) is 54.4. The number of esters is 3. The van der Waals surface area contributed by atoms with Crippen LogP contribution in [0.2, 0.25) is 0 Å². The smallest absolute Gasteiger partial charge is 0.462 e. The number of phosphoric ester groups is 1. The lowest BCUT2D eigenvalue weighted by Gasteiger charge is -2.21. The Bertz CT molecular complexity index is 1690. The second-order valence-electron chi connectivity index (χ2n) is 19.4. The van der Waals surface area contributed by atoms with Crippen LogP contribution in [-0.4, -0.2) is 66.5 Å². The number of hydrogen-bond donors (Lipinski definition) is 2. The molecule has 12 heteroatoms. The van der Waals surface area contributed by atoms with Crippen molar-refractivity contribution in [3.8, 4) is 0 Å². The van der Waals surface area contributed by atoms with E-state index in [2.05, 4.69) is 130 Å². The van der Waals surface area contributed by atoms with Crippen molar-refractivity contribution in [2.75, 3.05) is 26.4 Å². The first-order valence-electron chi connectivity index (χ1n) is 29.8. The van der Waals surface area contributed by atoms with Gasteiger partial charge in [0.2, 0.25) is 0 Å². The van der Waals surface area contributed by atoms with Gasteiger partial charge in [-0.15, -0.1) is 0 Å². The normalized spacial score (nSPS) is 14.1. The Morgan fingerprint density at radius 3 is 1.09 bits per heavy atom. The van der Waals surface area contributed by atoms with E-state index in [9.17, 15) is 28.9 Å². The number of unbranched alkanes of at least 4 members (excludes halogenated alkanes) is 19. The molecule has 2 N–H and O–H groups in total. The minimum atomic E-state index is -4.77. The molecule has 0 aromatic carbocycles. The van der Waals surface area contributed by atoms with E-state index in [4.69, 9.17) is 23.3 Å². The third kappa shape index (κ3) is 54.9. The van der Waals surface area contributed by atoms with Crippen LogP contribution in [0.25, 0.3) is 0 Å². The van der Waals surface area contributed by atoms with Gasteiger partial charge in [0, 0.05) is 19.3 Å². The molecule has 0 aromatic rings. The van der Waals surface area contributed by atoms with Crippen LogP contribution in [0, 0.1) is 0 Å². The maximum atomic E-state index is 12.9.